The van der Waals surface area contributed by atoms with Crippen LogP contribution in [-0.4, -0.2) is 22.2 Å². The fourth-order valence-electron chi connectivity index (χ4n) is 1.60. The van der Waals surface area contributed by atoms with E-state index in [-0.39, 0.29) is 6.42 Å². The van der Waals surface area contributed by atoms with Gasteiger partial charge in [0.05, 0.1) is 0 Å². The topological polar surface area (TPSA) is 74.6 Å². The monoisotopic (exact) mass is 236 g/mol. The number of carboxylic acid groups (broad SMARTS) is 2. The highest BCUT2D eigenvalue weighted by Crippen LogP contribution is 2.18. The van der Waals surface area contributed by atoms with E-state index in [1.54, 1.807) is 6.07 Å². The molecule has 1 aromatic carbocycles. The van der Waals surface area contributed by atoms with Crippen molar-refractivity contribution in [2.75, 3.05) is 0 Å². The van der Waals surface area contributed by atoms with Crippen molar-refractivity contribution in [2.24, 2.45) is 5.92 Å². The summed E-state index contributed by atoms with van der Waals surface area (Å²) < 4.78 is 0. The fraction of sp³-hybridized carbons (Fsp3) is 0.385. The van der Waals surface area contributed by atoms with Crippen LogP contribution < -0.4 is 0 Å². The molecule has 92 valence electrons. The summed E-state index contributed by atoms with van der Waals surface area (Å²) >= 11 is 0. The molecule has 1 rings (SSSR count). The predicted molar refractivity (Wildman–Crippen MR) is 63.0 cm³/mol. The molecule has 0 bridgehead atoms. The van der Waals surface area contributed by atoms with Crippen LogP contribution in [0.25, 0.3) is 0 Å². The largest absolute Gasteiger partial charge is 0.481 e. The molecule has 0 amide bonds. The van der Waals surface area contributed by atoms with Gasteiger partial charge < -0.3 is 10.2 Å². The Labute approximate surface area is 99.9 Å². The van der Waals surface area contributed by atoms with Crippen LogP contribution in [0.5, 0.6) is 0 Å². The molecule has 0 fully saturated rings. The second-order valence-corrected chi connectivity index (χ2v) is 4.33. The minimum atomic E-state index is -1.38. The minimum absolute atomic E-state index is 0.0191. The van der Waals surface area contributed by atoms with Gasteiger partial charge in [0.25, 0.3) is 0 Å². The molecule has 4 nitrogen and oxygen atoms in total. The Hall–Kier alpha value is -1.84. The van der Waals surface area contributed by atoms with Gasteiger partial charge in [-0.1, -0.05) is 38.1 Å². The number of hydrogen-bond donors (Lipinski definition) is 2. The van der Waals surface area contributed by atoms with Gasteiger partial charge in [0.2, 0.25) is 0 Å². The summed E-state index contributed by atoms with van der Waals surface area (Å²) in [5.41, 5.74) is 1.82. The molecule has 0 unspecified atom stereocenters. The predicted octanol–water partition coefficient (Wildman–Crippen LogP) is 2.14. The van der Waals surface area contributed by atoms with Gasteiger partial charge in [-0.3, -0.25) is 9.59 Å². The molecule has 0 radical (unpaired) electrons. The molecule has 4 heteroatoms. The molecule has 0 aromatic heterocycles. The summed E-state index contributed by atoms with van der Waals surface area (Å²) in [4.78, 5) is 21.6. The summed E-state index contributed by atoms with van der Waals surface area (Å²) in [5.74, 6) is -3.64. The molecule has 0 spiro atoms. The van der Waals surface area contributed by atoms with E-state index in [2.05, 4.69) is 0 Å². The maximum absolute atomic E-state index is 10.8. The van der Waals surface area contributed by atoms with E-state index < -0.39 is 17.9 Å². The number of aliphatic carboxylic acids is 2. The Bertz CT molecular complexity index is 409. The van der Waals surface area contributed by atoms with Crippen molar-refractivity contribution in [2.45, 2.75) is 26.2 Å². The van der Waals surface area contributed by atoms with Crippen LogP contribution in [0.4, 0.5) is 0 Å². The Morgan fingerprint density at radius 3 is 2.24 bits per heavy atom. The zero-order valence-electron chi connectivity index (χ0n) is 9.88. The number of hydrogen-bond acceptors (Lipinski definition) is 2. The molecule has 17 heavy (non-hydrogen) atoms. The van der Waals surface area contributed by atoms with E-state index in [1.807, 2.05) is 32.0 Å². The van der Waals surface area contributed by atoms with Gasteiger partial charge >= 0.3 is 11.9 Å². The molecule has 0 aliphatic rings. The van der Waals surface area contributed by atoms with Gasteiger partial charge in [0.1, 0.15) is 0 Å². The van der Waals surface area contributed by atoms with Gasteiger partial charge in [0, 0.05) is 0 Å². The first kappa shape index (κ1) is 13.2. The van der Waals surface area contributed by atoms with Crippen molar-refractivity contribution in [3.63, 3.8) is 0 Å². The molecule has 2 N–H and O–H groups in total. The first-order valence-corrected chi connectivity index (χ1v) is 5.46. The molecule has 0 atom stereocenters. The average molecular weight is 236 g/mol. The lowest BCUT2D eigenvalue weighted by atomic mass is 9.95. The number of rotatable bonds is 5. The first-order valence-electron chi connectivity index (χ1n) is 5.46. The zero-order valence-corrected chi connectivity index (χ0v) is 9.88. The third kappa shape index (κ3) is 3.59. The molecule has 0 heterocycles. The van der Waals surface area contributed by atoms with Crippen LogP contribution >= 0.6 is 0 Å². The third-order valence-electron chi connectivity index (χ3n) is 2.65. The average Bonchev–Trinajstić information content (AvgIpc) is 2.25. The normalized spacial score (nSPS) is 10.8. The van der Waals surface area contributed by atoms with E-state index in [0.29, 0.717) is 5.92 Å². The standard InChI is InChI=1S/C13H16O4/c1-8(2)10-5-3-4-9(6-10)7-11(12(14)15)13(16)17/h3-6,8,11H,7H2,1-2H3,(H,14,15)(H,16,17). The minimum Gasteiger partial charge on any atom is -0.481 e. The van der Waals surface area contributed by atoms with E-state index in [4.69, 9.17) is 10.2 Å². The second-order valence-electron chi connectivity index (χ2n) is 4.33. The van der Waals surface area contributed by atoms with E-state index in [1.165, 1.54) is 0 Å². The highest BCUT2D eigenvalue weighted by molar-refractivity contribution is 5.93. The lowest BCUT2D eigenvalue weighted by molar-refractivity contribution is -0.154. The van der Waals surface area contributed by atoms with Crippen LogP contribution in [0, 0.1) is 5.92 Å². The van der Waals surface area contributed by atoms with Crippen LogP contribution in [0.2, 0.25) is 0 Å². The van der Waals surface area contributed by atoms with Gasteiger partial charge in [0.15, 0.2) is 5.92 Å². The highest BCUT2D eigenvalue weighted by atomic mass is 16.4. The quantitative estimate of drug-likeness (QED) is 0.768. The van der Waals surface area contributed by atoms with Crippen LogP contribution in [0.3, 0.4) is 0 Å². The molecular formula is C13H16O4. The van der Waals surface area contributed by atoms with Crippen molar-refractivity contribution >= 4 is 11.9 Å². The summed E-state index contributed by atoms with van der Waals surface area (Å²) in [7, 11) is 0. The van der Waals surface area contributed by atoms with Gasteiger partial charge in [-0.25, -0.2) is 0 Å². The van der Waals surface area contributed by atoms with Crippen LogP contribution in [-0.2, 0) is 16.0 Å². The molecular weight excluding hydrogens is 220 g/mol. The Kier molecular flexibility index (Phi) is 4.26. The highest BCUT2D eigenvalue weighted by Gasteiger charge is 2.25. The van der Waals surface area contributed by atoms with Crippen LogP contribution in [0.15, 0.2) is 24.3 Å². The zero-order chi connectivity index (χ0) is 13.0. The number of benzene rings is 1. The van der Waals surface area contributed by atoms with Crippen molar-refractivity contribution in [3.05, 3.63) is 35.4 Å². The van der Waals surface area contributed by atoms with Crippen molar-refractivity contribution in [1.82, 2.24) is 0 Å². The van der Waals surface area contributed by atoms with Crippen molar-refractivity contribution < 1.29 is 19.8 Å². The van der Waals surface area contributed by atoms with Gasteiger partial charge in [-0.05, 0) is 23.5 Å². The van der Waals surface area contributed by atoms with E-state index in [0.717, 1.165) is 11.1 Å². The Morgan fingerprint density at radius 1 is 1.18 bits per heavy atom. The number of carboxylic acids is 2. The maximum Gasteiger partial charge on any atom is 0.318 e. The molecule has 0 saturated carbocycles. The van der Waals surface area contributed by atoms with Gasteiger partial charge in [-0.15, -0.1) is 0 Å². The lowest BCUT2D eigenvalue weighted by Crippen LogP contribution is -2.25. The number of carbonyl (C=O) groups is 2. The summed E-state index contributed by atoms with van der Waals surface area (Å²) in [5, 5.41) is 17.6. The van der Waals surface area contributed by atoms with Gasteiger partial charge in [-0.2, -0.15) is 0 Å². The smallest absolute Gasteiger partial charge is 0.318 e. The maximum atomic E-state index is 10.8. The first-order chi connectivity index (χ1) is 7.91. The van der Waals surface area contributed by atoms with Crippen LogP contribution in [0.1, 0.15) is 30.9 Å². The lowest BCUT2D eigenvalue weighted by Gasteiger charge is -2.10. The van der Waals surface area contributed by atoms with E-state index >= 15 is 0 Å². The SMILES string of the molecule is CC(C)c1cccc(CC(C(=O)O)C(=O)O)c1. The van der Waals surface area contributed by atoms with Crippen molar-refractivity contribution in [1.29, 1.82) is 0 Å². The van der Waals surface area contributed by atoms with Crippen molar-refractivity contribution in [3.8, 4) is 0 Å². The Morgan fingerprint density at radius 2 is 1.76 bits per heavy atom. The molecule has 0 aliphatic heterocycles. The molecule has 0 saturated heterocycles. The third-order valence-corrected chi connectivity index (χ3v) is 2.65. The van der Waals surface area contributed by atoms with E-state index in [9.17, 15) is 9.59 Å². The molecule has 0 aliphatic carbocycles. The fourth-order valence-corrected chi connectivity index (χ4v) is 1.60. The summed E-state index contributed by atoms with van der Waals surface area (Å²) in [6.07, 6.45) is 0.0191. The second kappa shape index (κ2) is 5.48. The summed E-state index contributed by atoms with van der Waals surface area (Å²) in [6.45, 7) is 4.07. The summed E-state index contributed by atoms with van der Waals surface area (Å²) in [6, 6.07) is 7.39. The Balaban J connectivity index is 2.90. The molecule has 1 aromatic rings.